The topological polar surface area (TPSA) is 33.7 Å². The summed E-state index contributed by atoms with van der Waals surface area (Å²) in [5, 5.41) is 2.15. The van der Waals surface area contributed by atoms with Crippen molar-refractivity contribution in [3.8, 4) is 11.5 Å². The Morgan fingerprint density at radius 3 is 2.63 bits per heavy atom. The van der Waals surface area contributed by atoms with Gasteiger partial charge in [0.2, 0.25) is 0 Å². The molecular formula is C22H29N3OS. The Morgan fingerprint density at radius 2 is 1.96 bits per heavy atom. The maximum Gasteiger partial charge on any atom is 0.190 e. The van der Waals surface area contributed by atoms with Crippen molar-refractivity contribution in [2.24, 2.45) is 4.99 Å². The van der Waals surface area contributed by atoms with E-state index in [1.165, 1.54) is 11.1 Å². The van der Waals surface area contributed by atoms with E-state index in [2.05, 4.69) is 60.7 Å². The number of benzene rings is 1. The number of rotatable bonds is 8. The highest BCUT2D eigenvalue weighted by atomic mass is 32.1. The molecule has 4 nitrogen and oxygen atoms in total. The van der Waals surface area contributed by atoms with Crippen molar-refractivity contribution in [3.63, 3.8) is 0 Å². The van der Waals surface area contributed by atoms with Gasteiger partial charge in [-0.3, -0.25) is 0 Å². The van der Waals surface area contributed by atoms with E-state index >= 15 is 0 Å². The van der Waals surface area contributed by atoms with Crippen LogP contribution in [0.5, 0.6) is 0 Å². The molecule has 0 unspecified atom stereocenters. The quantitative estimate of drug-likeness (QED) is 0.522. The fraction of sp³-hybridized carbons (Fsp3) is 0.409. The van der Waals surface area contributed by atoms with Gasteiger partial charge in [-0.2, -0.15) is 0 Å². The number of nitrogens with zero attached hydrogens (tertiary/aromatic N) is 3. The summed E-state index contributed by atoms with van der Waals surface area (Å²) in [5.41, 5.74) is 4.61. The standard InChI is InChI=1S/C22H29N3OS/c1-5-24(6-2)12-8-13-25-20(21-9-7-14-26-21)16-27-22(25)23-19-11-10-17(3)15-18(19)4/h7,9-11,14-16H,5-6,8,12-13H2,1-4H3. The highest BCUT2D eigenvalue weighted by Gasteiger charge is 2.11. The summed E-state index contributed by atoms with van der Waals surface area (Å²) in [5.74, 6) is 0.899. The summed E-state index contributed by atoms with van der Waals surface area (Å²) < 4.78 is 7.96. The number of hydrogen-bond donors (Lipinski definition) is 0. The van der Waals surface area contributed by atoms with Gasteiger partial charge in [0.25, 0.3) is 0 Å². The third-order valence-corrected chi connectivity index (χ3v) is 5.75. The van der Waals surface area contributed by atoms with Crippen LogP contribution < -0.4 is 4.80 Å². The zero-order valence-corrected chi connectivity index (χ0v) is 17.6. The lowest BCUT2D eigenvalue weighted by Crippen LogP contribution is -2.26. The number of hydrogen-bond acceptors (Lipinski definition) is 4. The van der Waals surface area contributed by atoms with Crippen molar-refractivity contribution in [3.05, 3.63) is 57.9 Å². The van der Waals surface area contributed by atoms with Crippen LogP contribution in [0.25, 0.3) is 11.5 Å². The smallest absolute Gasteiger partial charge is 0.190 e. The van der Waals surface area contributed by atoms with E-state index in [1.807, 2.05) is 12.1 Å². The fourth-order valence-electron chi connectivity index (χ4n) is 3.28. The Balaban J connectivity index is 1.95. The summed E-state index contributed by atoms with van der Waals surface area (Å²) >= 11 is 1.68. The molecule has 2 aromatic heterocycles. The number of aryl methyl sites for hydroxylation is 2. The molecule has 0 aliphatic carbocycles. The lowest BCUT2D eigenvalue weighted by molar-refractivity contribution is 0.293. The number of thiazole rings is 1. The Bertz CT molecular complexity index is 917. The monoisotopic (exact) mass is 383 g/mol. The van der Waals surface area contributed by atoms with E-state index in [1.54, 1.807) is 17.6 Å². The van der Waals surface area contributed by atoms with E-state index < -0.39 is 0 Å². The predicted molar refractivity (Wildman–Crippen MR) is 114 cm³/mol. The van der Waals surface area contributed by atoms with Gasteiger partial charge in [-0.15, -0.1) is 11.3 Å². The van der Waals surface area contributed by atoms with Crippen LogP contribution in [0.3, 0.4) is 0 Å². The minimum absolute atomic E-state index is 0.899. The van der Waals surface area contributed by atoms with Crippen molar-refractivity contribution < 1.29 is 4.42 Å². The number of aromatic nitrogens is 1. The highest BCUT2D eigenvalue weighted by Crippen LogP contribution is 2.23. The molecule has 0 radical (unpaired) electrons. The minimum Gasteiger partial charge on any atom is -0.463 e. The van der Waals surface area contributed by atoms with Gasteiger partial charge in [-0.1, -0.05) is 31.5 Å². The van der Waals surface area contributed by atoms with E-state index in [9.17, 15) is 0 Å². The zero-order chi connectivity index (χ0) is 19.2. The largest absolute Gasteiger partial charge is 0.463 e. The molecule has 0 aliphatic heterocycles. The molecule has 0 bridgehead atoms. The third kappa shape index (κ3) is 4.79. The SMILES string of the molecule is CCN(CC)CCCn1c(-c2ccco2)csc1=Nc1ccc(C)cc1C. The second-order valence-electron chi connectivity index (χ2n) is 6.81. The summed E-state index contributed by atoms with van der Waals surface area (Å²) in [6.07, 6.45) is 2.82. The van der Waals surface area contributed by atoms with Crippen LogP contribution in [-0.4, -0.2) is 29.1 Å². The zero-order valence-electron chi connectivity index (χ0n) is 16.7. The average molecular weight is 384 g/mol. The van der Waals surface area contributed by atoms with E-state index in [0.29, 0.717) is 0 Å². The second kappa shape index (κ2) is 9.20. The van der Waals surface area contributed by atoms with Crippen LogP contribution in [0.2, 0.25) is 0 Å². The van der Waals surface area contributed by atoms with Crippen LogP contribution in [-0.2, 0) is 6.54 Å². The maximum absolute atomic E-state index is 5.67. The summed E-state index contributed by atoms with van der Waals surface area (Å²) in [7, 11) is 0. The molecule has 0 saturated heterocycles. The first-order valence-corrected chi connectivity index (χ1v) is 10.6. The summed E-state index contributed by atoms with van der Waals surface area (Å²) in [6.45, 7) is 12.9. The molecule has 3 rings (SSSR count). The van der Waals surface area contributed by atoms with Gasteiger partial charge in [0, 0.05) is 11.9 Å². The first-order chi connectivity index (χ1) is 13.1. The molecule has 0 N–H and O–H groups in total. The van der Waals surface area contributed by atoms with Crippen LogP contribution in [0, 0.1) is 13.8 Å². The highest BCUT2D eigenvalue weighted by molar-refractivity contribution is 7.07. The first kappa shape index (κ1) is 19.6. The van der Waals surface area contributed by atoms with Crippen LogP contribution >= 0.6 is 11.3 Å². The summed E-state index contributed by atoms with van der Waals surface area (Å²) in [6, 6.07) is 10.4. The number of furan rings is 1. The van der Waals surface area contributed by atoms with Crippen molar-refractivity contribution in [1.82, 2.24) is 9.47 Å². The van der Waals surface area contributed by atoms with Gasteiger partial charge in [-0.05, 0) is 63.7 Å². The lowest BCUT2D eigenvalue weighted by Gasteiger charge is -2.18. The Kier molecular flexibility index (Phi) is 6.69. The third-order valence-electron chi connectivity index (χ3n) is 4.89. The lowest BCUT2D eigenvalue weighted by atomic mass is 10.1. The molecule has 1 aromatic carbocycles. The molecule has 0 atom stereocenters. The normalized spacial score (nSPS) is 12.3. The molecule has 0 amide bonds. The van der Waals surface area contributed by atoms with Gasteiger partial charge in [-0.25, -0.2) is 4.99 Å². The van der Waals surface area contributed by atoms with Gasteiger partial charge >= 0.3 is 0 Å². The molecule has 2 heterocycles. The minimum atomic E-state index is 0.899. The van der Waals surface area contributed by atoms with Crippen molar-refractivity contribution in [1.29, 1.82) is 0 Å². The fourth-order valence-corrected chi connectivity index (χ4v) is 4.21. The van der Waals surface area contributed by atoms with E-state index in [0.717, 1.165) is 54.5 Å². The first-order valence-electron chi connectivity index (χ1n) is 9.69. The van der Waals surface area contributed by atoms with Crippen molar-refractivity contribution in [2.45, 2.75) is 40.7 Å². The van der Waals surface area contributed by atoms with Gasteiger partial charge in [0.05, 0.1) is 17.6 Å². The Hall–Kier alpha value is -2.11. The van der Waals surface area contributed by atoms with Crippen molar-refractivity contribution >= 4 is 17.0 Å². The Morgan fingerprint density at radius 1 is 1.15 bits per heavy atom. The van der Waals surface area contributed by atoms with Gasteiger partial charge < -0.3 is 13.9 Å². The Labute approximate surface area is 165 Å². The molecule has 0 aliphatic rings. The van der Waals surface area contributed by atoms with E-state index in [4.69, 9.17) is 9.41 Å². The maximum atomic E-state index is 5.67. The molecular weight excluding hydrogens is 354 g/mol. The molecule has 0 spiro atoms. The molecule has 144 valence electrons. The van der Waals surface area contributed by atoms with Crippen LogP contribution in [0.4, 0.5) is 5.69 Å². The van der Waals surface area contributed by atoms with E-state index in [-0.39, 0.29) is 0 Å². The molecule has 0 fully saturated rings. The molecule has 27 heavy (non-hydrogen) atoms. The van der Waals surface area contributed by atoms with Crippen LogP contribution in [0.1, 0.15) is 31.4 Å². The molecule has 5 heteroatoms. The summed E-state index contributed by atoms with van der Waals surface area (Å²) in [4.78, 5) is 8.46. The van der Waals surface area contributed by atoms with Crippen LogP contribution in [0.15, 0.2) is 51.4 Å². The molecule has 3 aromatic rings. The van der Waals surface area contributed by atoms with Gasteiger partial charge in [0.15, 0.2) is 10.6 Å². The van der Waals surface area contributed by atoms with Gasteiger partial charge in [0.1, 0.15) is 0 Å². The predicted octanol–water partition coefficient (Wildman–Crippen LogP) is 5.39. The second-order valence-corrected chi connectivity index (χ2v) is 7.65. The van der Waals surface area contributed by atoms with Crippen molar-refractivity contribution in [2.75, 3.05) is 19.6 Å². The average Bonchev–Trinajstić information content (AvgIpc) is 3.31. The molecule has 0 saturated carbocycles.